The molecule has 0 aliphatic heterocycles. The molecule has 1 aromatic carbocycles. The van der Waals surface area contributed by atoms with Crippen molar-refractivity contribution in [3.05, 3.63) is 64.9 Å². The Morgan fingerprint density at radius 2 is 1.37 bits per heavy atom. The number of hydrogen-bond donors (Lipinski definition) is 0. The van der Waals surface area contributed by atoms with Gasteiger partial charge in [0.15, 0.2) is 5.78 Å². The zero-order valence-electron chi connectivity index (χ0n) is 17.5. The van der Waals surface area contributed by atoms with E-state index in [0.717, 1.165) is 42.4 Å². The Morgan fingerprint density at radius 1 is 0.833 bits per heavy atom. The van der Waals surface area contributed by atoms with Crippen LogP contribution in [0.15, 0.2) is 69.6 Å². The van der Waals surface area contributed by atoms with E-state index in [9.17, 15) is 4.79 Å². The maximum atomic E-state index is 13.4. The van der Waals surface area contributed by atoms with Crippen molar-refractivity contribution in [1.82, 2.24) is 0 Å². The van der Waals surface area contributed by atoms with Crippen LogP contribution in [0.1, 0.15) is 69.8 Å². The van der Waals surface area contributed by atoms with E-state index in [2.05, 4.69) is 28.4 Å². The third kappa shape index (κ3) is 4.84. The summed E-state index contributed by atoms with van der Waals surface area (Å²) >= 11 is 0. The van der Waals surface area contributed by atoms with Crippen LogP contribution in [-0.4, -0.2) is 5.78 Å². The SMILES string of the molecule is N#Cc1ccc(N=NC=C2C=C(C3CCCCC3)C(=O)C(C3CCCCC3)=C2)cc1. The number of nitrogens with zero attached hydrogens (tertiary/aromatic N) is 3. The Balaban J connectivity index is 1.60. The maximum absolute atomic E-state index is 13.4. The molecule has 0 atom stereocenters. The van der Waals surface area contributed by atoms with Gasteiger partial charge in [-0.05, 0) is 79.5 Å². The smallest absolute Gasteiger partial charge is 0.185 e. The van der Waals surface area contributed by atoms with Gasteiger partial charge in [-0.3, -0.25) is 4.79 Å². The number of benzene rings is 1. The number of ketones is 1. The molecular weight excluding hydrogens is 370 g/mol. The van der Waals surface area contributed by atoms with Gasteiger partial charge in [-0.1, -0.05) is 38.5 Å². The van der Waals surface area contributed by atoms with Gasteiger partial charge in [-0.15, -0.1) is 0 Å². The van der Waals surface area contributed by atoms with Gasteiger partial charge in [0, 0.05) is 11.1 Å². The van der Waals surface area contributed by atoms with Crippen molar-refractivity contribution in [1.29, 1.82) is 5.26 Å². The lowest BCUT2D eigenvalue weighted by atomic mass is 9.73. The Bertz CT molecular complexity index is 891. The minimum absolute atomic E-state index is 0.287. The molecule has 0 N–H and O–H groups in total. The van der Waals surface area contributed by atoms with Crippen LogP contribution in [0.25, 0.3) is 0 Å². The Morgan fingerprint density at radius 3 is 1.87 bits per heavy atom. The first-order valence-corrected chi connectivity index (χ1v) is 11.3. The molecule has 3 aliphatic carbocycles. The van der Waals surface area contributed by atoms with Crippen molar-refractivity contribution in [3.63, 3.8) is 0 Å². The second kappa shape index (κ2) is 9.80. The number of hydrogen-bond acceptors (Lipinski definition) is 4. The summed E-state index contributed by atoms with van der Waals surface area (Å²) in [4.78, 5) is 13.4. The summed E-state index contributed by atoms with van der Waals surface area (Å²) in [5.74, 6) is 1.06. The molecule has 0 amide bonds. The molecule has 0 spiro atoms. The van der Waals surface area contributed by atoms with E-state index in [1.165, 1.54) is 38.5 Å². The summed E-state index contributed by atoms with van der Waals surface area (Å²) in [5, 5.41) is 17.5. The summed E-state index contributed by atoms with van der Waals surface area (Å²) in [7, 11) is 0. The van der Waals surface area contributed by atoms with Crippen molar-refractivity contribution in [2.24, 2.45) is 22.1 Å². The molecule has 4 nitrogen and oxygen atoms in total. The van der Waals surface area contributed by atoms with Gasteiger partial charge >= 0.3 is 0 Å². The van der Waals surface area contributed by atoms with Gasteiger partial charge in [0.2, 0.25) is 0 Å². The van der Waals surface area contributed by atoms with E-state index in [1.54, 1.807) is 30.5 Å². The highest BCUT2D eigenvalue weighted by atomic mass is 16.1. The molecule has 0 aromatic heterocycles. The Kier molecular flexibility index (Phi) is 6.69. The van der Waals surface area contributed by atoms with E-state index < -0.39 is 0 Å². The molecule has 0 saturated heterocycles. The fraction of sp³-hybridized carbons (Fsp3) is 0.462. The monoisotopic (exact) mass is 399 g/mol. The lowest BCUT2D eigenvalue weighted by molar-refractivity contribution is -0.113. The van der Waals surface area contributed by atoms with Crippen LogP contribution in [0.5, 0.6) is 0 Å². The lowest BCUT2D eigenvalue weighted by Crippen LogP contribution is -2.25. The molecule has 154 valence electrons. The summed E-state index contributed by atoms with van der Waals surface area (Å²) < 4.78 is 0. The number of rotatable bonds is 4. The number of nitriles is 1. The fourth-order valence-corrected chi connectivity index (χ4v) is 4.97. The summed E-state index contributed by atoms with van der Waals surface area (Å²) in [6.45, 7) is 0. The van der Waals surface area contributed by atoms with Crippen LogP contribution in [-0.2, 0) is 4.79 Å². The minimum Gasteiger partial charge on any atom is -0.289 e. The molecule has 30 heavy (non-hydrogen) atoms. The van der Waals surface area contributed by atoms with Crippen LogP contribution < -0.4 is 0 Å². The number of carbonyl (C=O) groups excluding carboxylic acids is 1. The molecule has 0 heterocycles. The van der Waals surface area contributed by atoms with Crippen molar-refractivity contribution in [2.75, 3.05) is 0 Å². The molecule has 0 radical (unpaired) electrons. The first kappa shape index (κ1) is 20.5. The van der Waals surface area contributed by atoms with Crippen LogP contribution in [0.2, 0.25) is 0 Å². The zero-order valence-corrected chi connectivity index (χ0v) is 17.5. The van der Waals surface area contributed by atoms with Gasteiger partial charge in [0.25, 0.3) is 0 Å². The van der Waals surface area contributed by atoms with Crippen LogP contribution >= 0.6 is 0 Å². The van der Waals surface area contributed by atoms with Gasteiger partial charge in [0.05, 0.1) is 23.5 Å². The van der Waals surface area contributed by atoms with Gasteiger partial charge in [0.1, 0.15) is 0 Å². The van der Waals surface area contributed by atoms with Crippen LogP contribution in [0.4, 0.5) is 5.69 Å². The van der Waals surface area contributed by atoms with E-state index in [4.69, 9.17) is 5.26 Å². The Labute approximate surface area is 179 Å². The second-order valence-electron chi connectivity index (χ2n) is 8.70. The van der Waals surface area contributed by atoms with Gasteiger partial charge < -0.3 is 0 Å². The van der Waals surface area contributed by atoms with E-state index in [0.29, 0.717) is 23.1 Å². The molecule has 4 heteroatoms. The average Bonchev–Trinajstić information content (AvgIpc) is 2.81. The van der Waals surface area contributed by atoms with E-state index in [1.807, 2.05) is 0 Å². The standard InChI is InChI=1S/C26H29N3O/c27-17-19-11-13-23(14-12-19)29-28-18-20-15-24(21-7-3-1-4-8-21)26(30)25(16-20)22-9-5-2-6-10-22/h11-16,18,21-22H,1-10H2. The summed E-state index contributed by atoms with van der Waals surface area (Å²) in [6.07, 6.45) is 17.8. The van der Waals surface area contributed by atoms with Crippen molar-refractivity contribution in [2.45, 2.75) is 64.2 Å². The predicted molar refractivity (Wildman–Crippen MR) is 118 cm³/mol. The molecule has 2 saturated carbocycles. The first-order chi connectivity index (χ1) is 14.7. The highest BCUT2D eigenvalue weighted by Gasteiger charge is 2.31. The van der Waals surface area contributed by atoms with Crippen molar-refractivity contribution in [3.8, 4) is 6.07 Å². The number of Topliss-reactive ketones (excluding diaryl/α,β-unsaturated/α-hetero) is 1. The van der Waals surface area contributed by atoms with E-state index >= 15 is 0 Å². The summed E-state index contributed by atoms with van der Waals surface area (Å²) in [6, 6.07) is 9.16. The molecule has 2 fully saturated rings. The van der Waals surface area contributed by atoms with Crippen molar-refractivity contribution < 1.29 is 4.79 Å². The van der Waals surface area contributed by atoms with Crippen LogP contribution in [0.3, 0.4) is 0 Å². The highest BCUT2D eigenvalue weighted by Crippen LogP contribution is 2.39. The minimum atomic E-state index is 0.287. The molecule has 0 unspecified atom stereocenters. The van der Waals surface area contributed by atoms with Gasteiger partial charge in [-0.2, -0.15) is 15.5 Å². The quantitative estimate of drug-likeness (QED) is 0.506. The third-order valence-corrected chi connectivity index (χ3v) is 6.64. The average molecular weight is 400 g/mol. The number of allylic oxidation sites excluding steroid dienone is 5. The molecule has 1 aromatic rings. The number of azo groups is 1. The molecule has 0 bridgehead atoms. The number of carbonyl (C=O) groups is 1. The van der Waals surface area contributed by atoms with Crippen LogP contribution in [0, 0.1) is 23.2 Å². The first-order valence-electron chi connectivity index (χ1n) is 11.3. The normalized spacial score (nSPS) is 21.3. The molecular formula is C26H29N3O. The largest absolute Gasteiger partial charge is 0.289 e. The lowest BCUT2D eigenvalue weighted by Gasteiger charge is -2.30. The van der Waals surface area contributed by atoms with E-state index in [-0.39, 0.29) is 5.78 Å². The molecule has 3 aliphatic rings. The summed E-state index contributed by atoms with van der Waals surface area (Å²) in [5.41, 5.74) is 4.30. The zero-order chi connectivity index (χ0) is 20.8. The second-order valence-corrected chi connectivity index (χ2v) is 8.70. The highest BCUT2D eigenvalue weighted by molar-refractivity contribution is 6.11. The Hall–Kier alpha value is -2.80. The predicted octanol–water partition coefficient (Wildman–Crippen LogP) is 7.12. The molecule has 4 rings (SSSR count). The van der Waals surface area contributed by atoms with Gasteiger partial charge in [-0.25, -0.2) is 0 Å². The maximum Gasteiger partial charge on any atom is 0.185 e. The third-order valence-electron chi connectivity index (χ3n) is 6.64. The van der Waals surface area contributed by atoms with Crippen molar-refractivity contribution >= 4 is 11.5 Å². The fourth-order valence-electron chi connectivity index (χ4n) is 4.97. The topological polar surface area (TPSA) is 65.6 Å².